The third-order valence-corrected chi connectivity index (χ3v) is 5.33. The van der Waals surface area contributed by atoms with Crippen molar-refractivity contribution in [2.24, 2.45) is 0 Å². The number of aliphatic hydroxyl groups is 2. The standard InChI is InChI=1S/C20H22Cl2N2O4/c21-14-7-6-13(8-15(14)22)9-23-11-16-17(25)18(26)19(28-16)20(27)24-10-12-4-2-1-3-5-12/h1-8,16-19,23,25-26H,9-11H2,(H,24,27)/t16-,17-,18+,19+/m1/s1. The predicted octanol–water partition coefficient (Wildman–Crippen LogP) is 1.89. The van der Waals surface area contributed by atoms with E-state index in [1.807, 2.05) is 36.4 Å². The van der Waals surface area contributed by atoms with Gasteiger partial charge in [0.2, 0.25) is 0 Å². The summed E-state index contributed by atoms with van der Waals surface area (Å²) in [5.74, 6) is -0.456. The number of carbonyl (C=O) groups excluding carboxylic acids is 1. The van der Waals surface area contributed by atoms with Gasteiger partial charge in [-0.05, 0) is 23.3 Å². The van der Waals surface area contributed by atoms with Crippen LogP contribution in [0.4, 0.5) is 0 Å². The van der Waals surface area contributed by atoms with Crippen molar-refractivity contribution in [3.8, 4) is 0 Å². The van der Waals surface area contributed by atoms with Crippen molar-refractivity contribution in [3.63, 3.8) is 0 Å². The Labute approximate surface area is 173 Å². The second-order valence-electron chi connectivity index (χ2n) is 6.66. The van der Waals surface area contributed by atoms with E-state index in [9.17, 15) is 15.0 Å². The van der Waals surface area contributed by atoms with Gasteiger partial charge in [0.05, 0.1) is 16.1 Å². The molecule has 1 saturated heterocycles. The average Bonchev–Trinajstić information content (AvgIpc) is 2.98. The summed E-state index contributed by atoms with van der Waals surface area (Å²) in [7, 11) is 0. The van der Waals surface area contributed by atoms with Crippen LogP contribution in [0.15, 0.2) is 48.5 Å². The smallest absolute Gasteiger partial charge is 0.252 e. The Morgan fingerprint density at radius 3 is 2.43 bits per heavy atom. The first kappa shape index (κ1) is 21.0. The summed E-state index contributed by atoms with van der Waals surface area (Å²) in [5, 5.41) is 27.2. The number of amides is 1. The number of hydrogen-bond donors (Lipinski definition) is 4. The largest absolute Gasteiger partial charge is 0.388 e. The highest BCUT2D eigenvalue weighted by molar-refractivity contribution is 6.42. The molecule has 1 heterocycles. The lowest BCUT2D eigenvalue weighted by Crippen LogP contribution is -2.42. The molecule has 4 N–H and O–H groups in total. The van der Waals surface area contributed by atoms with E-state index in [4.69, 9.17) is 27.9 Å². The van der Waals surface area contributed by atoms with Crippen molar-refractivity contribution in [2.45, 2.75) is 37.5 Å². The second kappa shape index (κ2) is 9.69. The van der Waals surface area contributed by atoms with Crippen LogP contribution in [0, 0.1) is 0 Å². The molecular formula is C20H22Cl2N2O4. The van der Waals surface area contributed by atoms with Gasteiger partial charge < -0.3 is 25.6 Å². The van der Waals surface area contributed by atoms with Crippen molar-refractivity contribution in [3.05, 3.63) is 69.7 Å². The van der Waals surface area contributed by atoms with E-state index in [2.05, 4.69) is 10.6 Å². The molecule has 1 fully saturated rings. The topological polar surface area (TPSA) is 90.8 Å². The van der Waals surface area contributed by atoms with Crippen molar-refractivity contribution < 1.29 is 19.7 Å². The molecule has 8 heteroatoms. The van der Waals surface area contributed by atoms with Crippen LogP contribution in [0.1, 0.15) is 11.1 Å². The first-order valence-corrected chi connectivity index (χ1v) is 9.69. The molecule has 4 atom stereocenters. The minimum absolute atomic E-state index is 0.265. The zero-order valence-electron chi connectivity index (χ0n) is 15.0. The van der Waals surface area contributed by atoms with Crippen LogP contribution in [0.25, 0.3) is 0 Å². The molecule has 6 nitrogen and oxygen atoms in total. The summed E-state index contributed by atoms with van der Waals surface area (Å²) in [6, 6.07) is 14.7. The lowest BCUT2D eigenvalue weighted by Gasteiger charge is -2.15. The molecule has 0 unspecified atom stereocenters. The Morgan fingerprint density at radius 2 is 1.71 bits per heavy atom. The molecule has 0 spiro atoms. The highest BCUT2D eigenvalue weighted by Gasteiger charge is 2.45. The van der Waals surface area contributed by atoms with E-state index in [0.29, 0.717) is 23.1 Å². The number of carbonyl (C=O) groups is 1. The maximum atomic E-state index is 12.3. The molecular weight excluding hydrogens is 403 g/mol. The fourth-order valence-electron chi connectivity index (χ4n) is 3.03. The van der Waals surface area contributed by atoms with Crippen LogP contribution in [-0.2, 0) is 22.6 Å². The molecule has 1 aliphatic rings. The van der Waals surface area contributed by atoms with Crippen LogP contribution in [0.3, 0.4) is 0 Å². The minimum atomic E-state index is -1.28. The van der Waals surface area contributed by atoms with Gasteiger partial charge in [-0.3, -0.25) is 4.79 Å². The first-order valence-electron chi connectivity index (χ1n) is 8.93. The van der Waals surface area contributed by atoms with Crippen LogP contribution in [0.2, 0.25) is 10.0 Å². The van der Waals surface area contributed by atoms with E-state index < -0.39 is 30.3 Å². The molecule has 3 rings (SSSR count). The second-order valence-corrected chi connectivity index (χ2v) is 7.47. The zero-order chi connectivity index (χ0) is 20.1. The zero-order valence-corrected chi connectivity index (χ0v) is 16.5. The van der Waals surface area contributed by atoms with Gasteiger partial charge in [0.1, 0.15) is 12.2 Å². The van der Waals surface area contributed by atoms with Gasteiger partial charge >= 0.3 is 0 Å². The van der Waals surface area contributed by atoms with Gasteiger partial charge in [0.25, 0.3) is 5.91 Å². The SMILES string of the molecule is O=C(NCc1ccccc1)[C@H]1O[C@H](CNCc2ccc(Cl)c(Cl)c2)[C@@H](O)[C@@H]1O. The summed E-state index contributed by atoms with van der Waals surface area (Å²) in [5.41, 5.74) is 1.85. The molecule has 0 saturated carbocycles. The van der Waals surface area contributed by atoms with Crippen LogP contribution in [-0.4, -0.2) is 47.1 Å². The Kier molecular flexibility index (Phi) is 7.29. The summed E-state index contributed by atoms with van der Waals surface area (Å²) in [6.45, 7) is 1.06. The van der Waals surface area contributed by atoms with Gasteiger partial charge in [-0.25, -0.2) is 0 Å². The number of benzene rings is 2. The molecule has 2 aromatic rings. The first-order chi connectivity index (χ1) is 13.5. The maximum absolute atomic E-state index is 12.3. The van der Waals surface area contributed by atoms with E-state index >= 15 is 0 Å². The van der Waals surface area contributed by atoms with E-state index in [1.165, 1.54) is 0 Å². The van der Waals surface area contributed by atoms with Crippen molar-refractivity contribution in [2.75, 3.05) is 6.54 Å². The molecule has 2 aromatic carbocycles. The summed E-state index contributed by atoms with van der Waals surface area (Å²) in [4.78, 5) is 12.3. The third kappa shape index (κ3) is 5.23. The average molecular weight is 425 g/mol. The maximum Gasteiger partial charge on any atom is 0.252 e. The summed E-state index contributed by atoms with van der Waals surface area (Å²) in [6.07, 6.45) is -4.26. The summed E-state index contributed by atoms with van der Waals surface area (Å²) < 4.78 is 5.60. The lowest BCUT2D eigenvalue weighted by molar-refractivity contribution is -0.135. The van der Waals surface area contributed by atoms with E-state index in [1.54, 1.807) is 12.1 Å². The third-order valence-electron chi connectivity index (χ3n) is 4.59. The molecule has 1 aliphatic heterocycles. The quantitative estimate of drug-likeness (QED) is 0.544. The Bertz CT molecular complexity index is 806. The van der Waals surface area contributed by atoms with Crippen molar-refractivity contribution >= 4 is 29.1 Å². The fourth-order valence-corrected chi connectivity index (χ4v) is 3.35. The minimum Gasteiger partial charge on any atom is -0.388 e. The Balaban J connectivity index is 1.48. The molecule has 0 bridgehead atoms. The molecule has 1 amide bonds. The lowest BCUT2D eigenvalue weighted by atomic mass is 10.1. The number of rotatable bonds is 7. The van der Waals surface area contributed by atoms with E-state index in [0.717, 1.165) is 11.1 Å². The van der Waals surface area contributed by atoms with Gasteiger partial charge in [-0.2, -0.15) is 0 Å². The molecule has 0 radical (unpaired) electrons. The van der Waals surface area contributed by atoms with Gasteiger partial charge in [-0.15, -0.1) is 0 Å². The Hall–Kier alpha value is -1.67. The normalized spacial score (nSPS) is 24.3. The number of ether oxygens (including phenoxy) is 1. The predicted molar refractivity (Wildman–Crippen MR) is 107 cm³/mol. The Morgan fingerprint density at radius 1 is 0.964 bits per heavy atom. The number of halogens is 2. The molecule has 0 aliphatic carbocycles. The van der Waals surface area contributed by atoms with Gasteiger partial charge in [0.15, 0.2) is 6.10 Å². The van der Waals surface area contributed by atoms with Gasteiger partial charge in [0, 0.05) is 19.6 Å². The molecule has 150 valence electrons. The number of aliphatic hydroxyl groups excluding tert-OH is 2. The van der Waals surface area contributed by atoms with Gasteiger partial charge in [-0.1, -0.05) is 59.6 Å². The highest BCUT2D eigenvalue weighted by atomic mass is 35.5. The number of nitrogens with one attached hydrogen (secondary N) is 2. The van der Waals surface area contributed by atoms with Crippen LogP contribution >= 0.6 is 23.2 Å². The van der Waals surface area contributed by atoms with Crippen LogP contribution < -0.4 is 10.6 Å². The monoisotopic (exact) mass is 424 g/mol. The van der Waals surface area contributed by atoms with Crippen molar-refractivity contribution in [1.29, 1.82) is 0 Å². The number of hydrogen-bond acceptors (Lipinski definition) is 5. The fraction of sp³-hybridized carbons (Fsp3) is 0.350. The molecule has 0 aromatic heterocycles. The highest BCUT2D eigenvalue weighted by Crippen LogP contribution is 2.23. The molecule has 28 heavy (non-hydrogen) atoms. The summed E-state index contributed by atoms with van der Waals surface area (Å²) >= 11 is 11.9. The van der Waals surface area contributed by atoms with Crippen LogP contribution in [0.5, 0.6) is 0 Å². The van der Waals surface area contributed by atoms with E-state index in [-0.39, 0.29) is 6.54 Å². The van der Waals surface area contributed by atoms with Crippen molar-refractivity contribution in [1.82, 2.24) is 10.6 Å².